The monoisotopic (exact) mass is 306 g/mol. The number of aromatic amines is 1. The highest BCUT2D eigenvalue weighted by atomic mass is 16.1. The van der Waals surface area contributed by atoms with Crippen molar-refractivity contribution in [1.82, 2.24) is 19.5 Å². The zero-order chi connectivity index (χ0) is 16.0. The second-order valence-electron chi connectivity index (χ2n) is 5.32. The number of imidazole rings is 1. The first kappa shape index (κ1) is 13.3. The molecule has 2 aromatic carbocycles. The topological polar surface area (TPSA) is 116 Å². The third-order valence-electron chi connectivity index (χ3n) is 3.86. The Hall–Kier alpha value is -3.35. The summed E-state index contributed by atoms with van der Waals surface area (Å²) in [4.78, 5) is 22.6. The van der Waals surface area contributed by atoms with E-state index in [-0.39, 0.29) is 17.4 Å². The number of rotatable bonds is 2. The summed E-state index contributed by atoms with van der Waals surface area (Å²) in [6, 6.07) is 14.1. The van der Waals surface area contributed by atoms with Gasteiger partial charge in [-0.05, 0) is 16.3 Å². The van der Waals surface area contributed by atoms with Crippen LogP contribution in [0.2, 0.25) is 0 Å². The zero-order valence-corrected chi connectivity index (χ0v) is 12.2. The van der Waals surface area contributed by atoms with E-state index in [1.54, 1.807) is 4.57 Å². The van der Waals surface area contributed by atoms with Gasteiger partial charge >= 0.3 is 0 Å². The molecule has 5 N–H and O–H groups in total. The maximum atomic E-state index is 11.9. The maximum absolute atomic E-state index is 11.9. The minimum absolute atomic E-state index is 0.0431. The Kier molecular flexibility index (Phi) is 2.80. The van der Waals surface area contributed by atoms with E-state index in [2.05, 4.69) is 33.2 Å². The number of nitrogens with two attached hydrogens (primary N) is 2. The quantitative estimate of drug-likeness (QED) is 0.519. The Morgan fingerprint density at radius 1 is 1.04 bits per heavy atom. The van der Waals surface area contributed by atoms with Crippen LogP contribution >= 0.6 is 0 Å². The number of hydrogen-bond acceptors (Lipinski definition) is 5. The van der Waals surface area contributed by atoms with E-state index < -0.39 is 5.56 Å². The molecular weight excluding hydrogens is 292 g/mol. The van der Waals surface area contributed by atoms with Crippen LogP contribution in [-0.4, -0.2) is 19.5 Å². The average molecular weight is 306 g/mol. The van der Waals surface area contributed by atoms with Crippen molar-refractivity contribution in [2.45, 2.75) is 6.54 Å². The van der Waals surface area contributed by atoms with Crippen molar-refractivity contribution in [2.24, 2.45) is 0 Å². The van der Waals surface area contributed by atoms with Crippen LogP contribution in [0.25, 0.3) is 21.9 Å². The standard InChI is InChI=1S/C16H14N6O/c17-15-20-13-12(14(23)21-15)19-16(18)22(13)8-10-6-3-5-9-4-1-2-7-11(9)10/h1-7H,8H2,(H2,18,19)(H3,17,20,21,23). The predicted molar refractivity (Wildman–Crippen MR) is 90.0 cm³/mol. The number of nitrogens with one attached hydrogen (secondary N) is 1. The summed E-state index contributed by atoms with van der Waals surface area (Å²) in [6.45, 7) is 0.458. The van der Waals surface area contributed by atoms with E-state index in [1.165, 1.54) is 0 Å². The first-order chi connectivity index (χ1) is 11.1. The number of aromatic nitrogens is 4. The van der Waals surface area contributed by atoms with Gasteiger partial charge in [-0.15, -0.1) is 0 Å². The molecule has 0 aliphatic rings. The molecule has 0 unspecified atom stereocenters. The highest BCUT2D eigenvalue weighted by molar-refractivity contribution is 5.86. The molecule has 0 fully saturated rings. The smallest absolute Gasteiger partial charge is 0.280 e. The van der Waals surface area contributed by atoms with E-state index in [9.17, 15) is 4.79 Å². The zero-order valence-electron chi connectivity index (χ0n) is 12.2. The average Bonchev–Trinajstić information content (AvgIpc) is 2.85. The van der Waals surface area contributed by atoms with Crippen LogP contribution in [0.4, 0.5) is 11.9 Å². The number of benzene rings is 2. The normalized spacial score (nSPS) is 11.3. The van der Waals surface area contributed by atoms with Crippen LogP contribution in [0.5, 0.6) is 0 Å². The highest BCUT2D eigenvalue weighted by Gasteiger charge is 2.14. The number of anilines is 2. The summed E-state index contributed by atoms with van der Waals surface area (Å²) in [5, 5.41) is 2.26. The minimum atomic E-state index is -0.393. The van der Waals surface area contributed by atoms with Gasteiger partial charge in [0.05, 0.1) is 6.54 Å². The van der Waals surface area contributed by atoms with Gasteiger partial charge in [-0.1, -0.05) is 42.5 Å². The summed E-state index contributed by atoms with van der Waals surface area (Å²) in [5.74, 6) is 0.276. The summed E-state index contributed by atoms with van der Waals surface area (Å²) in [5.41, 5.74) is 12.9. The summed E-state index contributed by atoms with van der Waals surface area (Å²) < 4.78 is 1.70. The molecule has 4 rings (SSSR count). The van der Waals surface area contributed by atoms with Crippen molar-refractivity contribution in [3.05, 3.63) is 58.4 Å². The van der Waals surface area contributed by atoms with Crippen molar-refractivity contribution < 1.29 is 0 Å². The molecule has 0 saturated heterocycles. The van der Waals surface area contributed by atoms with Gasteiger partial charge in [0.25, 0.3) is 5.56 Å². The van der Waals surface area contributed by atoms with Crippen molar-refractivity contribution >= 4 is 33.8 Å². The van der Waals surface area contributed by atoms with Crippen molar-refractivity contribution in [3.63, 3.8) is 0 Å². The SMILES string of the molecule is Nc1nc2c(nc(N)n2Cc2cccc3ccccc23)c(=O)[nH]1. The molecule has 114 valence electrons. The molecule has 0 radical (unpaired) electrons. The lowest BCUT2D eigenvalue weighted by Gasteiger charge is -2.09. The van der Waals surface area contributed by atoms with Gasteiger partial charge in [-0.25, -0.2) is 4.98 Å². The van der Waals surface area contributed by atoms with Gasteiger partial charge < -0.3 is 11.5 Å². The molecule has 0 bridgehead atoms. The molecule has 23 heavy (non-hydrogen) atoms. The highest BCUT2D eigenvalue weighted by Crippen LogP contribution is 2.22. The molecule has 0 saturated carbocycles. The molecule has 2 heterocycles. The van der Waals surface area contributed by atoms with Crippen LogP contribution in [0.3, 0.4) is 0 Å². The van der Waals surface area contributed by atoms with E-state index in [1.807, 2.05) is 24.3 Å². The fourth-order valence-electron chi connectivity index (χ4n) is 2.80. The largest absolute Gasteiger partial charge is 0.369 e. The number of fused-ring (bicyclic) bond motifs is 2. The van der Waals surface area contributed by atoms with Crippen LogP contribution in [0, 0.1) is 0 Å². The van der Waals surface area contributed by atoms with Crippen LogP contribution in [0.1, 0.15) is 5.56 Å². The number of nitrogens with zero attached hydrogens (tertiary/aromatic N) is 3. The second-order valence-corrected chi connectivity index (χ2v) is 5.32. The first-order valence-electron chi connectivity index (χ1n) is 7.11. The predicted octanol–water partition coefficient (Wildman–Crippen LogP) is 1.49. The molecule has 0 amide bonds. The minimum Gasteiger partial charge on any atom is -0.369 e. The van der Waals surface area contributed by atoms with Crippen LogP contribution in [-0.2, 0) is 6.54 Å². The third kappa shape index (κ3) is 2.10. The summed E-state index contributed by atoms with van der Waals surface area (Å²) in [6.07, 6.45) is 0. The van der Waals surface area contributed by atoms with E-state index in [0.717, 1.165) is 16.3 Å². The van der Waals surface area contributed by atoms with E-state index in [4.69, 9.17) is 11.5 Å². The Morgan fingerprint density at radius 2 is 1.83 bits per heavy atom. The van der Waals surface area contributed by atoms with Gasteiger partial charge in [0.15, 0.2) is 11.2 Å². The van der Waals surface area contributed by atoms with Crippen LogP contribution in [0.15, 0.2) is 47.3 Å². The second kappa shape index (κ2) is 4.84. The summed E-state index contributed by atoms with van der Waals surface area (Å²) >= 11 is 0. The Bertz CT molecular complexity index is 1090. The lowest BCUT2D eigenvalue weighted by atomic mass is 10.0. The molecule has 4 aromatic rings. The maximum Gasteiger partial charge on any atom is 0.280 e. The first-order valence-corrected chi connectivity index (χ1v) is 7.11. The molecule has 2 aromatic heterocycles. The molecule has 0 aliphatic carbocycles. The molecular formula is C16H14N6O. The molecule has 0 atom stereocenters. The van der Waals surface area contributed by atoms with E-state index >= 15 is 0 Å². The molecule has 7 heteroatoms. The Labute approximate surface area is 130 Å². The number of H-pyrrole nitrogens is 1. The van der Waals surface area contributed by atoms with Gasteiger partial charge in [-0.3, -0.25) is 14.3 Å². The van der Waals surface area contributed by atoms with Gasteiger partial charge in [0.2, 0.25) is 11.9 Å². The summed E-state index contributed by atoms with van der Waals surface area (Å²) in [7, 11) is 0. The van der Waals surface area contributed by atoms with Gasteiger partial charge in [-0.2, -0.15) is 4.98 Å². The van der Waals surface area contributed by atoms with Crippen molar-refractivity contribution in [1.29, 1.82) is 0 Å². The third-order valence-corrected chi connectivity index (χ3v) is 3.86. The van der Waals surface area contributed by atoms with Crippen molar-refractivity contribution in [2.75, 3.05) is 11.5 Å². The lowest BCUT2D eigenvalue weighted by molar-refractivity contribution is 0.833. The number of nitrogen functional groups attached to an aromatic ring is 2. The van der Waals surface area contributed by atoms with Crippen molar-refractivity contribution in [3.8, 4) is 0 Å². The van der Waals surface area contributed by atoms with Gasteiger partial charge in [0.1, 0.15) is 0 Å². The van der Waals surface area contributed by atoms with Gasteiger partial charge in [0, 0.05) is 0 Å². The fourth-order valence-corrected chi connectivity index (χ4v) is 2.80. The van der Waals surface area contributed by atoms with E-state index in [0.29, 0.717) is 12.2 Å². The lowest BCUT2D eigenvalue weighted by Crippen LogP contribution is -2.12. The Morgan fingerprint density at radius 3 is 2.70 bits per heavy atom. The number of hydrogen-bond donors (Lipinski definition) is 3. The molecule has 0 aliphatic heterocycles. The Balaban J connectivity index is 1.93. The fraction of sp³-hybridized carbons (Fsp3) is 0.0625. The molecule has 7 nitrogen and oxygen atoms in total. The molecule has 0 spiro atoms. The van der Waals surface area contributed by atoms with Crippen LogP contribution < -0.4 is 17.0 Å².